The molecule has 1 aliphatic heterocycles. The van der Waals surface area contributed by atoms with Crippen molar-refractivity contribution in [2.45, 2.75) is 24.6 Å². The molecule has 1 fully saturated rings. The average molecular weight is 251 g/mol. The highest BCUT2D eigenvalue weighted by molar-refractivity contribution is 6.17. The normalized spacial score (nSPS) is 17.7. The molecule has 0 radical (unpaired) electrons. The zero-order valence-electron chi connectivity index (χ0n) is 9.58. The van der Waals surface area contributed by atoms with Gasteiger partial charge in [-0.2, -0.15) is 0 Å². The van der Waals surface area contributed by atoms with Crippen LogP contribution in [0.3, 0.4) is 0 Å². The van der Waals surface area contributed by atoms with E-state index in [2.05, 4.69) is 16.0 Å². The van der Waals surface area contributed by atoms with Gasteiger partial charge in [-0.15, -0.1) is 11.6 Å². The summed E-state index contributed by atoms with van der Waals surface area (Å²) in [6.45, 7) is 1.68. The van der Waals surface area contributed by atoms with Gasteiger partial charge in [0.05, 0.1) is 11.0 Å². The number of aromatic nitrogens is 2. The largest absolute Gasteiger partial charge is 0.381 e. The summed E-state index contributed by atoms with van der Waals surface area (Å²) in [6, 6.07) is 6.15. The fourth-order valence-electron chi connectivity index (χ4n) is 2.32. The summed E-state index contributed by atoms with van der Waals surface area (Å²) in [4.78, 5) is 8.07. The predicted molar refractivity (Wildman–Crippen MR) is 68.4 cm³/mol. The fourth-order valence-corrected chi connectivity index (χ4v) is 2.49. The molecular formula is C13H15ClN2O. The van der Waals surface area contributed by atoms with Crippen molar-refractivity contribution in [3.05, 3.63) is 29.6 Å². The molecule has 0 bridgehead atoms. The second-order valence-corrected chi connectivity index (χ2v) is 4.76. The first-order valence-corrected chi connectivity index (χ1v) is 6.52. The smallest absolute Gasteiger partial charge is 0.110 e. The minimum absolute atomic E-state index is 0.510. The molecule has 0 atom stereocenters. The maximum atomic E-state index is 5.83. The quantitative estimate of drug-likeness (QED) is 0.832. The van der Waals surface area contributed by atoms with Gasteiger partial charge in [0.15, 0.2) is 0 Å². The summed E-state index contributed by atoms with van der Waals surface area (Å²) in [5.41, 5.74) is 3.24. The molecule has 0 saturated carbocycles. The lowest BCUT2D eigenvalue weighted by Crippen LogP contribution is -2.15. The number of H-pyrrole nitrogens is 1. The van der Waals surface area contributed by atoms with Crippen LogP contribution in [0.15, 0.2) is 18.2 Å². The standard InChI is InChI=1S/C13H15ClN2O/c14-8-9-1-2-11-12(7-9)16-13(15-11)10-3-5-17-6-4-10/h1-2,7,10H,3-6,8H2,(H,15,16). The second kappa shape index (κ2) is 4.67. The number of nitrogens with one attached hydrogen (secondary N) is 1. The third kappa shape index (κ3) is 2.17. The van der Waals surface area contributed by atoms with Gasteiger partial charge in [0, 0.05) is 25.0 Å². The van der Waals surface area contributed by atoms with Gasteiger partial charge in [-0.05, 0) is 30.5 Å². The number of hydrogen-bond acceptors (Lipinski definition) is 2. The number of benzene rings is 1. The number of alkyl halides is 1. The van der Waals surface area contributed by atoms with Crippen LogP contribution in [0, 0.1) is 0 Å². The number of imidazole rings is 1. The third-order valence-electron chi connectivity index (χ3n) is 3.33. The summed E-state index contributed by atoms with van der Waals surface area (Å²) in [6.07, 6.45) is 2.12. The van der Waals surface area contributed by atoms with E-state index < -0.39 is 0 Å². The minimum Gasteiger partial charge on any atom is -0.381 e. The van der Waals surface area contributed by atoms with Gasteiger partial charge in [-0.25, -0.2) is 4.98 Å². The molecule has 0 spiro atoms. The summed E-state index contributed by atoms with van der Waals surface area (Å²) in [5, 5.41) is 0. The van der Waals surface area contributed by atoms with Gasteiger partial charge in [0.2, 0.25) is 0 Å². The van der Waals surface area contributed by atoms with Crippen LogP contribution in [0.25, 0.3) is 11.0 Å². The molecule has 3 rings (SSSR count). The monoisotopic (exact) mass is 250 g/mol. The lowest BCUT2D eigenvalue weighted by molar-refractivity contribution is 0.0838. The predicted octanol–water partition coefficient (Wildman–Crippen LogP) is 3.20. The molecule has 1 N–H and O–H groups in total. The lowest BCUT2D eigenvalue weighted by Gasteiger charge is -2.19. The molecule has 4 heteroatoms. The van der Waals surface area contributed by atoms with Crippen molar-refractivity contribution < 1.29 is 4.74 Å². The Hall–Kier alpha value is -1.06. The van der Waals surface area contributed by atoms with Crippen LogP contribution < -0.4 is 0 Å². The molecule has 3 nitrogen and oxygen atoms in total. The number of rotatable bonds is 2. The van der Waals surface area contributed by atoms with Crippen LogP contribution in [0.4, 0.5) is 0 Å². The number of halogens is 1. The van der Waals surface area contributed by atoms with E-state index in [-0.39, 0.29) is 0 Å². The number of hydrogen-bond donors (Lipinski definition) is 1. The molecular weight excluding hydrogens is 236 g/mol. The summed E-state index contributed by atoms with van der Waals surface area (Å²) < 4.78 is 5.37. The molecule has 0 aliphatic carbocycles. The van der Waals surface area contributed by atoms with E-state index in [1.54, 1.807) is 0 Å². The number of fused-ring (bicyclic) bond motifs is 1. The summed E-state index contributed by atoms with van der Waals surface area (Å²) >= 11 is 5.83. The van der Waals surface area contributed by atoms with Gasteiger partial charge in [-0.1, -0.05) is 6.07 Å². The Kier molecular flexibility index (Phi) is 3.04. The Morgan fingerprint density at radius 3 is 2.94 bits per heavy atom. The maximum absolute atomic E-state index is 5.83. The molecule has 1 aromatic carbocycles. The summed E-state index contributed by atoms with van der Waals surface area (Å²) in [7, 11) is 0. The topological polar surface area (TPSA) is 37.9 Å². The van der Waals surface area contributed by atoms with Gasteiger partial charge in [0.25, 0.3) is 0 Å². The first-order chi connectivity index (χ1) is 8.36. The van der Waals surface area contributed by atoms with E-state index in [4.69, 9.17) is 16.3 Å². The fraction of sp³-hybridized carbons (Fsp3) is 0.462. The molecule has 2 aromatic rings. The van der Waals surface area contributed by atoms with Crippen molar-refractivity contribution in [3.63, 3.8) is 0 Å². The van der Waals surface area contributed by atoms with Crippen molar-refractivity contribution in [1.29, 1.82) is 0 Å². The average Bonchev–Trinajstić information content (AvgIpc) is 2.82. The van der Waals surface area contributed by atoms with Crippen molar-refractivity contribution in [2.24, 2.45) is 0 Å². The summed E-state index contributed by atoms with van der Waals surface area (Å²) in [5.74, 6) is 2.15. The zero-order chi connectivity index (χ0) is 11.7. The number of aromatic amines is 1. The zero-order valence-corrected chi connectivity index (χ0v) is 10.3. The minimum atomic E-state index is 0.510. The second-order valence-electron chi connectivity index (χ2n) is 4.49. The SMILES string of the molecule is ClCc1ccc2nc(C3CCOCC3)[nH]c2c1. The van der Waals surface area contributed by atoms with Crippen molar-refractivity contribution >= 4 is 22.6 Å². The Balaban J connectivity index is 1.95. The first-order valence-electron chi connectivity index (χ1n) is 5.99. The van der Waals surface area contributed by atoms with E-state index in [9.17, 15) is 0 Å². The molecule has 0 amide bonds. The van der Waals surface area contributed by atoms with Crippen LogP contribution in [0.2, 0.25) is 0 Å². The first kappa shape index (κ1) is 11.1. The Labute approximate surface area is 105 Å². The highest BCUT2D eigenvalue weighted by atomic mass is 35.5. The number of nitrogens with zero attached hydrogens (tertiary/aromatic N) is 1. The van der Waals surface area contributed by atoms with Crippen molar-refractivity contribution in [2.75, 3.05) is 13.2 Å². The van der Waals surface area contributed by atoms with Crippen LogP contribution in [0.1, 0.15) is 30.1 Å². The maximum Gasteiger partial charge on any atom is 0.110 e. The van der Waals surface area contributed by atoms with E-state index in [1.807, 2.05) is 12.1 Å². The van der Waals surface area contributed by atoms with E-state index in [1.165, 1.54) is 0 Å². The van der Waals surface area contributed by atoms with E-state index in [0.717, 1.165) is 48.5 Å². The Morgan fingerprint density at radius 1 is 1.35 bits per heavy atom. The van der Waals surface area contributed by atoms with Crippen LogP contribution in [0.5, 0.6) is 0 Å². The van der Waals surface area contributed by atoms with Crippen LogP contribution in [-0.4, -0.2) is 23.2 Å². The highest BCUT2D eigenvalue weighted by Crippen LogP contribution is 2.26. The molecule has 90 valence electrons. The van der Waals surface area contributed by atoms with Gasteiger partial charge < -0.3 is 9.72 Å². The molecule has 1 aromatic heterocycles. The Bertz CT molecular complexity index is 517. The van der Waals surface area contributed by atoms with Gasteiger partial charge in [0.1, 0.15) is 5.82 Å². The third-order valence-corrected chi connectivity index (χ3v) is 3.64. The molecule has 17 heavy (non-hydrogen) atoms. The van der Waals surface area contributed by atoms with Gasteiger partial charge in [-0.3, -0.25) is 0 Å². The lowest BCUT2D eigenvalue weighted by atomic mass is 10.00. The van der Waals surface area contributed by atoms with Crippen molar-refractivity contribution in [1.82, 2.24) is 9.97 Å². The van der Waals surface area contributed by atoms with Gasteiger partial charge >= 0.3 is 0 Å². The molecule has 1 saturated heterocycles. The molecule has 0 unspecified atom stereocenters. The van der Waals surface area contributed by atoms with Crippen LogP contribution >= 0.6 is 11.6 Å². The number of ether oxygens (including phenoxy) is 1. The molecule has 2 heterocycles. The Morgan fingerprint density at radius 2 is 2.18 bits per heavy atom. The molecule has 1 aliphatic rings. The van der Waals surface area contributed by atoms with Crippen molar-refractivity contribution in [3.8, 4) is 0 Å². The van der Waals surface area contributed by atoms with E-state index in [0.29, 0.717) is 11.8 Å². The highest BCUT2D eigenvalue weighted by Gasteiger charge is 2.19. The van der Waals surface area contributed by atoms with Crippen LogP contribution in [-0.2, 0) is 10.6 Å². The van der Waals surface area contributed by atoms with E-state index >= 15 is 0 Å².